The van der Waals surface area contributed by atoms with Gasteiger partial charge in [-0.25, -0.2) is 4.57 Å². The monoisotopic (exact) mass is 864 g/mol. The highest BCUT2D eigenvalue weighted by molar-refractivity contribution is 7.47. The number of allylic oxidation sites excluding steroid dienone is 11. The fraction of sp³-hybridized carbons (Fsp3) is 0.714. The molecule has 0 aliphatic carbocycles. The lowest BCUT2D eigenvalue weighted by Gasteiger charge is -2.20. The maximum atomic E-state index is 12.6. The van der Waals surface area contributed by atoms with Gasteiger partial charge in [0.15, 0.2) is 6.10 Å². The van der Waals surface area contributed by atoms with E-state index in [-0.39, 0.29) is 32.6 Å². The molecular formula is C49H86NO9P. The van der Waals surface area contributed by atoms with Gasteiger partial charge in [0.2, 0.25) is 0 Å². The second-order valence-corrected chi connectivity index (χ2v) is 16.9. The number of hydrogen-bond donors (Lipinski definition) is 3. The zero-order valence-electron chi connectivity index (χ0n) is 37.8. The number of phosphoric acid groups is 1. The van der Waals surface area contributed by atoms with Crippen molar-refractivity contribution >= 4 is 19.8 Å². The fourth-order valence-corrected chi connectivity index (χ4v) is 6.95. The Labute approximate surface area is 365 Å². The third kappa shape index (κ3) is 43.5. The molecule has 0 bridgehead atoms. The van der Waals surface area contributed by atoms with Crippen LogP contribution < -0.4 is 5.73 Å². The molecule has 346 valence electrons. The molecule has 4 N–H and O–H groups in total. The number of carbonyl (C=O) groups is 2. The van der Waals surface area contributed by atoms with Gasteiger partial charge in [-0.3, -0.25) is 18.6 Å². The zero-order chi connectivity index (χ0) is 44.0. The smallest absolute Gasteiger partial charge is 0.462 e. The fourth-order valence-electron chi connectivity index (χ4n) is 6.19. The van der Waals surface area contributed by atoms with E-state index < -0.39 is 38.6 Å². The molecule has 0 amide bonds. The molecule has 0 aliphatic heterocycles. The molecule has 0 rings (SSSR count). The third-order valence-corrected chi connectivity index (χ3v) is 10.7. The Hall–Kier alpha value is -2.59. The highest BCUT2D eigenvalue weighted by Gasteiger charge is 2.26. The van der Waals surface area contributed by atoms with Crippen LogP contribution in [0.25, 0.3) is 0 Å². The molecule has 0 saturated carbocycles. The van der Waals surface area contributed by atoms with Crippen LogP contribution in [-0.4, -0.2) is 60.5 Å². The standard InChI is InChI=1S/C49H86NO9P/c1-3-5-7-9-11-13-15-17-18-19-20-21-22-23-24-26-28-30-32-34-36-40-49(53)59-47(45-58-60(54,55)57-43-42-50)44-56-48(52)41-37-39-46(51)38-35-33-31-29-27-25-16-14-12-10-8-6-4-2/h6,8,12,14,17-18,25,27,31,33,35,38,46-47,51H,3-5,7,9-11,13,15-16,19-24,26,28-30,32,34,36-37,39-45,50H2,1-2H3,(H,54,55)/b8-6-,14-12-,18-17-,27-25-,33-31-,38-35+/t46?,47-/m1/s1. The first-order valence-electron chi connectivity index (χ1n) is 23.5. The summed E-state index contributed by atoms with van der Waals surface area (Å²) in [6.45, 7) is 3.39. The summed E-state index contributed by atoms with van der Waals surface area (Å²) in [6.07, 6.45) is 51.1. The lowest BCUT2D eigenvalue weighted by Crippen LogP contribution is -2.29. The summed E-state index contributed by atoms with van der Waals surface area (Å²) in [7, 11) is -4.43. The molecule has 0 heterocycles. The van der Waals surface area contributed by atoms with E-state index >= 15 is 0 Å². The Bertz CT molecular complexity index is 1230. The molecular weight excluding hydrogens is 778 g/mol. The summed E-state index contributed by atoms with van der Waals surface area (Å²) >= 11 is 0. The number of aliphatic hydroxyl groups is 1. The minimum absolute atomic E-state index is 0.0243. The van der Waals surface area contributed by atoms with Crippen molar-refractivity contribution in [2.45, 2.75) is 199 Å². The van der Waals surface area contributed by atoms with Gasteiger partial charge in [-0.2, -0.15) is 0 Å². The van der Waals surface area contributed by atoms with Crippen molar-refractivity contribution in [3.05, 3.63) is 72.9 Å². The molecule has 0 radical (unpaired) electrons. The number of phosphoric ester groups is 1. The minimum Gasteiger partial charge on any atom is -0.462 e. The quantitative estimate of drug-likeness (QED) is 0.0177. The van der Waals surface area contributed by atoms with Crippen LogP contribution in [0.2, 0.25) is 0 Å². The maximum absolute atomic E-state index is 12.6. The molecule has 11 heteroatoms. The summed E-state index contributed by atoms with van der Waals surface area (Å²) in [5, 5.41) is 10.3. The van der Waals surface area contributed by atoms with Crippen LogP contribution in [0, 0.1) is 0 Å². The van der Waals surface area contributed by atoms with E-state index in [1.54, 1.807) is 12.2 Å². The second-order valence-electron chi connectivity index (χ2n) is 15.4. The third-order valence-electron chi connectivity index (χ3n) is 9.68. The number of unbranched alkanes of at least 4 members (excludes halogenated alkanes) is 17. The van der Waals surface area contributed by atoms with E-state index in [4.69, 9.17) is 24.3 Å². The van der Waals surface area contributed by atoms with Crippen LogP contribution >= 0.6 is 7.82 Å². The van der Waals surface area contributed by atoms with Crippen molar-refractivity contribution in [2.75, 3.05) is 26.4 Å². The maximum Gasteiger partial charge on any atom is 0.472 e. The number of nitrogens with two attached hydrogens (primary N) is 1. The van der Waals surface area contributed by atoms with Gasteiger partial charge in [0.05, 0.1) is 19.3 Å². The van der Waals surface area contributed by atoms with E-state index in [0.29, 0.717) is 19.3 Å². The second kappa shape index (κ2) is 44.5. The number of rotatable bonds is 43. The summed E-state index contributed by atoms with van der Waals surface area (Å²) < 4.78 is 32.7. The Balaban J connectivity index is 4.26. The molecule has 0 aromatic rings. The minimum atomic E-state index is -4.43. The number of esters is 2. The summed E-state index contributed by atoms with van der Waals surface area (Å²) in [6, 6.07) is 0. The Morgan fingerprint density at radius 2 is 1.12 bits per heavy atom. The summed E-state index contributed by atoms with van der Waals surface area (Å²) in [4.78, 5) is 35.0. The highest BCUT2D eigenvalue weighted by Crippen LogP contribution is 2.43. The normalized spacial score (nSPS) is 14.4. The summed E-state index contributed by atoms with van der Waals surface area (Å²) in [5.74, 6) is -1.04. The molecule has 0 spiro atoms. The average molecular weight is 864 g/mol. The first kappa shape index (κ1) is 57.4. The van der Waals surface area contributed by atoms with E-state index in [9.17, 15) is 24.2 Å². The summed E-state index contributed by atoms with van der Waals surface area (Å²) in [5.41, 5.74) is 5.35. The number of carbonyl (C=O) groups excluding carboxylic acids is 2. The van der Waals surface area contributed by atoms with Gasteiger partial charge >= 0.3 is 19.8 Å². The molecule has 0 aliphatic rings. The molecule has 0 fully saturated rings. The van der Waals surface area contributed by atoms with Gasteiger partial charge < -0.3 is 25.2 Å². The molecule has 0 aromatic heterocycles. The topological polar surface area (TPSA) is 155 Å². The van der Waals surface area contributed by atoms with E-state index in [0.717, 1.165) is 44.9 Å². The molecule has 60 heavy (non-hydrogen) atoms. The molecule has 0 saturated heterocycles. The lowest BCUT2D eigenvalue weighted by atomic mass is 10.0. The van der Waals surface area contributed by atoms with Crippen molar-refractivity contribution in [3.63, 3.8) is 0 Å². The Morgan fingerprint density at radius 3 is 1.68 bits per heavy atom. The predicted octanol–water partition coefficient (Wildman–Crippen LogP) is 12.8. The number of ether oxygens (including phenoxy) is 2. The van der Waals surface area contributed by atoms with Gasteiger partial charge in [-0.1, -0.05) is 177 Å². The Kier molecular flexibility index (Phi) is 42.5. The van der Waals surface area contributed by atoms with Gasteiger partial charge in [0.1, 0.15) is 6.61 Å². The van der Waals surface area contributed by atoms with Crippen LogP contribution in [0.3, 0.4) is 0 Å². The SMILES string of the molecule is CC/C=C\C/C=C\C/C=C\C/C=C\C=C\C(O)CCCC(=O)OC[C@H](COP(=O)(O)OCCN)OC(=O)CCCCCCCCCCCCC/C=C\CCCCCCCC. The highest BCUT2D eigenvalue weighted by atomic mass is 31.2. The van der Waals surface area contributed by atoms with Crippen molar-refractivity contribution in [2.24, 2.45) is 5.73 Å². The Morgan fingerprint density at radius 1 is 0.600 bits per heavy atom. The van der Waals surface area contributed by atoms with Crippen molar-refractivity contribution in [1.82, 2.24) is 0 Å². The van der Waals surface area contributed by atoms with Crippen LogP contribution in [0.4, 0.5) is 0 Å². The molecule has 3 atom stereocenters. The zero-order valence-corrected chi connectivity index (χ0v) is 38.7. The largest absolute Gasteiger partial charge is 0.472 e. The van der Waals surface area contributed by atoms with Crippen LogP contribution in [0.1, 0.15) is 187 Å². The van der Waals surface area contributed by atoms with Gasteiger partial charge in [0.25, 0.3) is 0 Å². The first-order valence-corrected chi connectivity index (χ1v) is 25.0. The molecule has 2 unspecified atom stereocenters. The van der Waals surface area contributed by atoms with Crippen LogP contribution in [0.15, 0.2) is 72.9 Å². The number of hydrogen-bond acceptors (Lipinski definition) is 9. The van der Waals surface area contributed by atoms with Crippen molar-refractivity contribution in [1.29, 1.82) is 0 Å². The molecule has 0 aromatic carbocycles. The van der Waals surface area contributed by atoms with Gasteiger partial charge in [-0.05, 0) is 70.6 Å². The van der Waals surface area contributed by atoms with E-state index in [1.807, 2.05) is 12.2 Å². The van der Waals surface area contributed by atoms with Gasteiger partial charge in [-0.15, -0.1) is 0 Å². The van der Waals surface area contributed by atoms with Crippen LogP contribution in [-0.2, 0) is 32.7 Å². The number of aliphatic hydroxyl groups excluding tert-OH is 1. The average Bonchev–Trinajstić information content (AvgIpc) is 3.23. The van der Waals surface area contributed by atoms with Gasteiger partial charge in [0, 0.05) is 19.4 Å². The van der Waals surface area contributed by atoms with Crippen molar-refractivity contribution < 1.29 is 42.7 Å². The molecule has 10 nitrogen and oxygen atoms in total. The van der Waals surface area contributed by atoms with E-state index in [1.165, 1.54) is 96.3 Å². The van der Waals surface area contributed by atoms with Crippen molar-refractivity contribution in [3.8, 4) is 0 Å². The lowest BCUT2D eigenvalue weighted by molar-refractivity contribution is -0.161. The van der Waals surface area contributed by atoms with E-state index in [2.05, 4.69) is 62.5 Å². The first-order chi connectivity index (χ1) is 29.2. The predicted molar refractivity (Wildman–Crippen MR) is 248 cm³/mol. The van der Waals surface area contributed by atoms with Crippen LogP contribution in [0.5, 0.6) is 0 Å².